The minimum absolute atomic E-state index is 0.0845. The lowest BCUT2D eigenvalue weighted by Gasteiger charge is -2.25. The quantitative estimate of drug-likeness (QED) is 0.600. The van der Waals surface area contributed by atoms with E-state index in [9.17, 15) is 4.79 Å². The first kappa shape index (κ1) is 23.4. The molecule has 2 aromatic heterocycles. The zero-order chi connectivity index (χ0) is 24.5. The van der Waals surface area contributed by atoms with E-state index < -0.39 is 0 Å². The van der Waals surface area contributed by atoms with Crippen molar-refractivity contribution in [3.63, 3.8) is 0 Å². The average Bonchev–Trinajstić information content (AvgIpc) is 3.17. The molecule has 1 amide bonds. The SMILES string of the molecule is Cc1cc(-c2cnc3[nH]cc(C4=CCC(C(=O)N(C)C)C=C4)c3c2)ccc1N1CCCN(C)CC1. The summed E-state index contributed by atoms with van der Waals surface area (Å²) < 4.78 is 0. The number of benzene rings is 1. The van der Waals surface area contributed by atoms with Crippen LogP contribution >= 0.6 is 0 Å². The van der Waals surface area contributed by atoms with Gasteiger partial charge < -0.3 is 19.7 Å². The van der Waals surface area contributed by atoms with Crippen molar-refractivity contribution in [2.45, 2.75) is 19.8 Å². The second-order valence-corrected chi connectivity index (χ2v) is 10.1. The lowest BCUT2D eigenvalue weighted by molar-refractivity contribution is -0.131. The van der Waals surface area contributed by atoms with Crippen LogP contribution in [0.15, 0.2) is 54.9 Å². The van der Waals surface area contributed by atoms with E-state index in [0.717, 1.165) is 60.3 Å². The van der Waals surface area contributed by atoms with Crippen LogP contribution < -0.4 is 4.90 Å². The fourth-order valence-electron chi connectivity index (χ4n) is 5.21. The van der Waals surface area contributed by atoms with Gasteiger partial charge in [-0.15, -0.1) is 0 Å². The van der Waals surface area contributed by atoms with Crippen molar-refractivity contribution in [3.05, 3.63) is 66.0 Å². The normalized spacial score (nSPS) is 19.0. The van der Waals surface area contributed by atoms with E-state index in [4.69, 9.17) is 4.98 Å². The molecule has 1 aliphatic heterocycles. The number of anilines is 1. The van der Waals surface area contributed by atoms with Gasteiger partial charge in [0.05, 0.1) is 5.92 Å². The second-order valence-electron chi connectivity index (χ2n) is 10.1. The van der Waals surface area contributed by atoms with E-state index in [-0.39, 0.29) is 11.8 Å². The van der Waals surface area contributed by atoms with Crippen LogP contribution in [0.2, 0.25) is 0 Å². The molecule has 0 bridgehead atoms. The molecule has 0 saturated carbocycles. The topological polar surface area (TPSA) is 55.5 Å². The Balaban J connectivity index is 1.41. The summed E-state index contributed by atoms with van der Waals surface area (Å²) in [4.78, 5) is 26.9. The van der Waals surface area contributed by atoms with Crippen LogP contribution in [0.3, 0.4) is 0 Å². The molecule has 0 spiro atoms. The number of aromatic nitrogens is 2. The molecule has 35 heavy (non-hydrogen) atoms. The van der Waals surface area contributed by atoms with Crippen LogP contribution in [0.1, 0.15) is 24.0 Å². The van der Waals surface area contributed by atoms with Crippen LogP contribution in [0.4, 0.5) is 5.69 Å². The second kappa shape index (κ2) is 9.70. The molecule has 1 atom stereocenters. The number of hydrogen-bond donors (Lipinski definition) is 1. The molecule has 5 rings (SSSR count). The minimum Gasteiger partial charge on any atom is -0.370 e. The molecule has 1 aliphatic carbocycles. The Labute approximate surface area is 207 Å². The van der Waals surface area contributed by atoms with Gasteiger partial charge in [0.1, 0.15) is 5.65 Å². The standard InChI is InChI=1S/C29H35N5O/c1-20-16-23(10-11-27(20)34-13-5-12-33(4)14-15-34)24-17-25-26(19-31-28(25)30-18-24)21-6-8-22(9-7-21)29(35)32(2)3/h6-8,10-11,16-19,22H,5,9,12-15H2,1-4H3,(H,30,31). The van der Waals surface area contributed by atoms with E-state index in [2.05, 4.69) is 65.2 Å². The highest BCUT2D eigenvalue weighted by Gasteiger charge is 2.20. The number of likely N-dealkylation sites (N-methyl/N-ethyl adjacent to an activating group) is 1. The molecule has 1 N–H and O–H groups in total. The zero-order valence-electron chi connectivity index (χ0n) is 21.2. The number of aromatic amines is 1. The van der Waals surface area contributed by atoms with Gasteiger partial charge in [-0.25, -0.2) is 4.98 Å². The van der Waals surface area contributed by atoms with Gasteiger partial charge >= 0.3 is 0 Å². The predicted molar refractivity (Wildman–Crippen MR) is 145 cm³/mol. The summed E-state index contributed by atoms with van der Waals surface area (Å²) in [6, 6.07) is 9.02. The Kier molecular flexibility index (Phi) is 6.48. The first-order valence-electron chi connectivity index (χ1n) is 12.5. The molecule has 1 unspecified atom stereocenters. The van der Waals surface area contributed by atoms with Crippen molar-refractivity contribution >= 4 is 28.2 Å². The van der Waals surface area contributed by atoms with Gasteiger partial charge in [0.25, 0.3) is 0 Å². The number of carbonyl (C=O) groups is 1. The Morgan fingerprint density at radius 3 is 2.71 bits per heavy atom. The smallest absolute Gasteiger partial charge is 0.229 e. The first-order chi connectivity index (χ1) is 16.9. The Bertz CT molecular complexity index is 1300. The summed E-state index contributed by atoms with van der Waals surface area (Å²) in [7, 11) is 5.82. The third-order valence-corrected chi connectivity index (χ3v) is 7.29. The Morgan fingerprint density at radius 1 is 1.11 bits per heavy atom. The number of fused-ring (bicyclic) bond motifs is 1. The predicted octanol–water partition coefficient (Wildman–Crippen LogP) is 4.73. The van der Waals surface area contributed by atoms with E-state index in [1.807, 2.05) is 32.6 Å². The summed E-state index contributed by atoms with van der Waals surface area (Å²) in [5, 5.41) is 1.10. The molecule has 0 radical (unpaired) electrons. The molecular formula is C29H35N5O. The van der Waals surface area contributed by atoms with Crippen LogP contribution in [0.25, 0.3) is 27.7 Å². The van der Waals surface area contributed by atoms with Gasteiger partial charge in [-0.2, -0.15) is 0 Å². The highest BCUT2D eigenvalue weighted by atomic mass is 16.2. The number of H-pyrrole nitrogens is 1. The third kappa shape index (κ3) is 4.76. The van der Waals surface area contributed by atoms with Crippen molar-refractivity contribution < 1.29 is 4.79 Å². The van der Waals surface area contributed by atoms with Crippen molar-refractivity contribution in [3.8, 4) is 11.1 Å². The number of nitrogens with one attached hydrogen (secondary N) is 1. The van der Waals surface area contributed by atoms with Crippen LogP contribution in [0, 0.1) is 12.8 Å². The fourth-order valence-corrected chi connectivity index (χ4v) is 5.21. The van der Waals surface area contributed by atoms with Gasteiger partial charge in [-0.3, -0.25) is 4.79 Å². The Hall–Kier alpha value is -3.38. The van der Waals surface area contributed by atoms with Crippen molar-refractivity contribution in [2.24, 2.45) is 5.92 Å². The lowest BCUT2D eigenvalue weighted by atomic mass is 9.92. The van der Waals surface area contributed by atoms with Crippen molar-refractivity contribution in [2.75, 3.05) is 52.2 Å². The molecule has 1 fully saturated rings. The highest BCUT2D eigenvalue weighted by Crippen LogP contribution is 2.33. The molecule has 3 heterocycles. The highest BCUT2D eigenvalue weighted by molar-refractivity contribution is 5.96. The Morgan fingerprint density at radius 2 is 1.97 bits per heavy atom. The maximum atomic E-state index is 12.3. The number of nitrogens with zero attached hydrogens (tertiary/aromatic N) is 4. The van der Waals surface area contributed by atoms with Gasteiger partial charge in [-0.1, -0.05) is 24.3 Å². The number of hydrogen-bond acceptors (Lipinski definition) is 4. The summed E-state index contributed by atoms with van der Waals surface area (Å²) in [5.74, 6) is 0.0594. The van der Waals surface area contributed by atoms with Crippen LogP contribution in [0.5, 0.6) is 0 Å². The lowest BCUT2D eigenvalue weighted by Crippen LogP contribution is -2.29. The summed E-state index contributed by atoms with van der Waals surface area (Å²) in [6.07, 6.45) is 12.2. The van der Waals surface area contributed by atoms with E-state index >= 15 is 0 Å². The van der Waals surface area contributed by atoms with E-state index in [0.29, 0.717) is 0 Å². The van der Waals surface area contributed by atoms with Gasteiger partial charge in [0.2, 0.25) is 5.91 Å². The first-order valence-corrected chi connectivity index (χ1v) is 12.5. The zero-order valence-corrected chi connectivity index (χ0v) is 21.2. The van der Waals surface area contributed by atoms with Crippen LogP contribution in [-0.2, 0) is 4.79 Å². The minimum atomic E-state index is -0.0845. The molecule has 6 heteroatoms. The summed E-state index contributed by atoms with van der Waals surface area (Å²) in [5.41, 5.74) is 8.08. The van der Waals surface area contributed by atoms with Crippen LogP contribution in [-0.4, -0.2) is 73.0 Å². The number of carbonyl (C=O) groups excluding carboxylic acids is 1. The number of allylic oxidation sites excluding steroid dienone is 3. The molecule has 182 valence electrons. The monoisotopic (exact) mass is 469 g/mol. The average molecular weight is 470 g/mol. The molecule has 2 aliphatic rings. The molecule has 3 aromatic rings. The molecule has 1 aromatic carbocycles. The van der Waals surface area contributed by atoms with Gasteiger partial charge in [0, 0.05) is 68.3 Å². The van der Waals surface area contributed by atoms with Gasteiger partial charge in [0.15, 0.2) is 0 Å². The number of amides is 1. The maximum absolute atomic E-state index is 12.3. The van der Waals surface area contributed by atoms with Gasteiger partial charge in [-0.05, 0) is 68.3 Å². The summed E-state index contributed by atoms with van der Waals surface area (Å²) >= 11 is 0. The maximum Gasteiger partial charge on any atom is 0.229 e. The summed E-state index contributed by atoms with van der Waals surface area (Å²) in [6.45, 7) is 6.65. The largest absolute Gasteiger partial charge is 0.370 e. The number of pyridine rings is 1. The number of aryl methyl sites for hydroxylation is 1. The third-order valence-electron chi connectivity index (χ3n) is 7.29. The van der Waals surface area contributed by atoms with Crippen molar-refractivity contribution in [1.82, 2.24) is 19.8 Å². The van der Waals surface area contributed by atoms with E-state index in [1.54, 1.807) is 4.90 Å². The van der Waals surface area contributed by atoms with Crippen molar-refractivity contribution in [1.29, 1.82) is 0 Å². The molecular weight excluding hydrogens is 434 g/mol. The van der Waals surface area contributed by atoms with E-state index in [1.165, 1.54) is 23.2 Å². The number of rotatable bonds is 4. The molecule has 6 nitrogen and oxygen atoms in total. The fraction of sp³-hybridized carbons (Fsp3) is 0.379. The molecule has 1 saturated heterocycles.